The van der Waals surface area contributed by atoms with Gasteiger partial charge in [-0.15, -0.1) is 0 Å². The van der Waals surface area contributed by atoms with Crippen LogP contribution in [-0.2, 0) is 0 Å². The molecule has 1 N–H and O–H groups in total. The summed E-state index contributed by atoms with van der Waals surface area (Å²) in [7, 11) is 0. The summed E-state index contributed by atoms with van der Waals surface area (Å²) in [4.78, 5) is 10.9. The third kappa shape index (κ3) is 2.20. The number of carbonyl (C=O) groups is 1. The number of fused-ring (bicyclic) bond motifs is 2. The van der Waals surface area contributed by atoms with Gasteiger partial charge in [-0.25, -0.2) is 9.18 Å². The van der Waals surface area contributed by atoms with Crippen LogP contribution < -0.4 is 4.74 Å². The van der Waals surface area contributed by atoms with E-state index in [1.165, 1.54) is 18.6 Å². The highest BCUT2D eigenvalue weighted by Gasteiger charge is 2.50. The lowest BCUT2D eigenvalue weighted by molar-refractivity contribution is 0.0634. The van der Waals surface area contributed by atoms with Crippen LogP contribution in [0.25, 0.3) is 0 Å². The zero-order chi connectivity index (χ0) is 13.6. The van der Waals surface area contributed by atoms with E-state index in [0.29, 0.717) is 10.5 Å². The van der Waals surface area contributed by atoms with Crippen molar-refractivity contribution in [2.75, 3.05) is 0 Å². The summed E-state index contributed by atoms with van der Waals surface area (Å²) in [6, 6.07) is 3.69. The lowest BCUT2D eigenvalue weighted by atomic mass is 9.86. The fourth-order valence-electron chi connectivity index (χ4n) is 2.96. The number of rotatable bonds is 3. The standard InChI is InChI=1S/C14H15FO3S/c1-14(7-9-3-5-12(14)19-9)18-11-6-8(13(16)17)2-4-10(11)15/h2,4,6,9,12H,3,5,7H2,1H3,(H,16,17). The van der Waals surface area contributed by atoms with Crippen LogP contribution in [0, 0.1) is 5.82 Å². The molecule has 2 saturated heterocycles. The van der Waals surface area contributed by atoms with E-state index < -0.39 is 11.8 Å². The molecular weight excluding hydrogens is 267 g/mol. The van der Waals surface area contributed by atoms with Crippen LogP contribution in [0.5, 0.6) is 5.75 Å². The average Bonchev–Trinajstić information content (AvgIpc) is 2.91. The van der Waals surface area contributed by atoms with Crippen molar-refractivity contribution >= 4 is 17.7 Å². The van der Waals surface area contributed by atoms with Crippen LogP contribution in [0.15, 0.2) is 18.2 Å². The summed E-state index contributed by atoms with van der Waals surface area (Å²) in [6.07, 6.45) is 3.19. The van der Waals surface area contributed by atoms with Crippen molar-refractivity contribution in [3.05, 3.63) is 29.6 Å². The largest absolute Gasteiger partial charge is 0.483 e. The number of halogens is 1. The summed E-state index contributed by atoms with van der Waals surface area (Å²) in [5.41, 5.74) is -0.332. The maximum Gasteiger partial charge on any atom is 0.335 e. The minimum atomic E-state index is -1.07. The molecule has 0 saturated carbocycles. The van der Waals surface area contributed by atoms with Gasteiger partial charge in [0.1, 0.15) is 5.60 Å². The maximum atomic E-state index is 13.8. The van der Waals surface area contributed by atoms with Crippen LogP contribution in [0.1, 0.15) is 36.5 Å². The summed E-state index contributed by atoms with van der Waals surface area (Å²) in [6.45, 7) is 2.00. The molecule has 5 heteroatoms. The van der Waals surface area contributed by atoms with E-state index in [0.717, 1.165) is 18.9 Å². The molecule has 0 aliphatic carbocycles. The predicted molar refractivity (Wildman–Crippen MR) is 71.4 cm³/mol. The molecule has 3 rings (SSSR count). The molecule has 3 atom stereocenters. The number of carboxylic acid groups (broad SMARTS) is 1. The van der Waals surface area contributed by atoms with Crippen LogP contribution in [0.4, 0.5) is 4.39 Å². The van der Waals surface area contributed by atoms with Gasteiger partial charge in [0, 0.05) is 10.5 Å². The van der Waals surface area contributed by atoms with Crippen LogP contribution in [0.2, 0.25) is 0 Å². The summed E-state index contributed by atoms with van der Waals surface area (Å²) < 4.78 is 19.6. The van der Waals surface area contributed by atoms with Gasteiger partial charge in [0.05, 0.1) is 5.56 Å². The Kier molecular flexibility index (Phi) is 2.96. The first-order valence-corrected chi connectivity index (χ1v) is 7.29. The highest BCUT2D eigenvalue weighted by Crippen LogP contribution is 2.53. The number of hydrogen-bond donors (Lipinski definition) is 1. The van der Waals surface area contributed by atoms with Gasteiger partial charge in [-0.05, 0) is 44.4 Å². The van der Waals surface area contributed by atoms with E-state index in [1.807, 2.05) is 18.7 Å². The molecule has 0 spiro atoms. The molecule has 3 nitrogen and oxygen atoms in total. The van der Waals surface area contributed by atoms with Crippen molar-refractivity contribution in [1.29, 1.82) is 0 Å². The Bertz CT molecular complexity index is 533. The number of ether oxygens (including phenoxy) is 1. The van der Waals surface area contributed by atoms with Crippen molar-refractivity contribution in [2.24, 2.45) is 0 Å². The second kappa shape index (κ2) is 4.40. The molecule has 3 unspecified atom stereocenters. The van der Waals surface area contributed by atoms with Crippen LogP contribution >= 0.6 is 11.8 Å². The van der Waals surface area contributed by atoms with E-state index in [2.05, 4.69) is 0 Å². The van der Waals surface area contributed by atoms with Gasteiger partial charge in [0.2, 0.25) is 0 Å². The number of benzene rings is 1. The normalized spacial score (nSPS) is 32.5. The summed E-state index contributed by atoms with van der Waals surface area (Å²) in [5, 5.41) is 9.93. The highest BCUT2D eigenvalue weighted by molar-refractivity contribution is 8.01. The molecule has 2 bridgehead atoms. The quantitative estimate of drug-likeness (QED) is 0.923. The molecule has 1 aromatic carbocycles. The first kappa shape index (κ1) is 12.8. The minimum Gasteiger partial charge on any atom is -0.483 e. The molecule has 102 valence electrons. The van der Waals surface area contributed by atoms with Gasteiger partial charge in [-0.3, -0.25) is 0 Å². The molecule has 1 aromatic rings. The smallest absolute Gasteiger partial charge is 0.335 e. The zero-order valence-corrected chi connectivity index (χ0v) is 11.4. The van der Waals surface area contributed by atoms with E-state index in [1.54, 1.807) is 0 Å². The van der Waals surface area contributed by atoms with Crippen molar-refractivity contribution in [3.8, 4) is 5.75 Å². The lowest BCUT2D eigenvalue weighted by Gasteiger charge is -2.33. The Morgan fingerprint density at radius 3 is 2.89 bits per heavy atom. The van der Waals surface area contributed by atoms with E-state index >= 15 is 0 Å². The van der Waals surface area contributed by atoms with E-state index in [-0.39, 0.29) is 16.9 Å². The van der Waals surface area contributed by atoms with Crippen molar-refractivity contribution in [2.45, 2.75) is 42.3 Å². The van der Waals surface area contributed by atoms with Crippen LogP contribution in [-0.4, -0.2) is 27.2 Å². The van der Waals surface area contributed by atoms with Crippen LogP contribution in [0.3, 0.4) is 0 Å². The third-order valence-electron chi connectivity index (χ3n) is 3.94. The Morgan fingerprint density at radius 1 is 1.53 bits per heavy atom. The number of carboxylic acids is 1. The minimum absolute atomic E-state index is 0.0514. The second-order valence-corrected chi connectivity index (χ2v) is 6.90. The highest BCUT2D eigenvalue weighted by atomic mass is 32.2. The second-order valence-electron chi connectivity index (χ2n) is 5.39. The molecule has 2 fully saturated rings. The Morgan fingerprint density at radius 2 is 2.32 bits per heavy atom. The van der Waals surface area contributed by atoms with Gasteiger partial charge >= 0.3 is 5.97 Å². The molecule has 2 aliphatic heterocycles. The molecule has 19 heavy (non-hydrogen) atoms. The average molecular weight is 282 g/mol. The fraction of sp³-hybridized carbons (Fsp3) is 0.500. The first-order chi connectivity index (χ1) is 8.98. The number of aromatic carboxylic acids is 1. The van der Waals surface area contributed by atoms with Gasteiger partial charge in [-0.1, -0.05) is 0 Å². The first-order valence-electron chi connectivity index (χ1n) is 6.35. The summed E-state index contributed by atoms with van der Waals surface area (Å²) in [5.74, 6) is -1.52. The van der Waals surface area contributed by atoms with Crippen molar-refractivity contribution < 1.29 is 19.0 Å². The van der Waals surface area contributed by atoms with Gasteiger partial charge in [-0.2, -0.15) is 11.8 Å². The maximum absolute atomic E-state index is 13.8. The van der Waals surface area contributed by atoms with Gasteiger partial charge < -0.3 is 9.84 Å². The molecule has 0 aromatic heterocycles. The van der Waals surface area contributed by atoms with E-state index in [4.69, 9.17) is 9.84 Å². The van der Waals surface area contributed by atoms with Gasteiger partial charge in [0.15, 0.2) is 11.6 Å². The predicted octanol–water partition coefficient (Wildman–Crippen LogP) is 3.33. The monoisotopic (exact) mass is 282 g/mol. The Labute approximate surface area is 115 Å². The molecular formula is C14H15FO3S. The summed E-state index contributed by atoms with van der Waals surface area (Å²) >= 11 is 1.91. The Balaban J connectivity index is 1.87. The van der Waals surface area contributed by atoms with Crippen molar-refractivity contribution in [1.82, 2.24) is 0 Å². The topological polar surface area (TPSA) is 46.5 Å². The zero-order valence-electron chi connectivity index (χ0n) is 10.6. The number of thioether (sulfide) groups is 1. The van der Waals surface area contributed by atoms with E-state index in [9.17, 15) is 9.18 Å². The molecule has 2 heterocycles. The van der Waals surface area contributed by atoms with Gasteiger partial charge in [0.25, 0.3) is 0 Å². The fourth-order valence-corrected chi connectivity index (χ4v) is 4.83. The lowest BCUT2D eigenvalue weighted by Crippen LogP contribution is -2.41. The molecule has 2 aliphatic rings. The number of hydrogen-bond acceptors (Lipinski definition) is 3. The molecule has 0 amide bonds. The third-order valence-corrected chi connectivity index (χ3v) is 5.79. The Hall–Kier alpha value is -1.23. The molecule has 0 radical (unpaired) electrons. The van der Waals surface area contributed by atoms with Crippen molar-refractivity contribution in [3.63, 3.8) is 0 Å². The SMILES string of the molecule is CC1(Oc2cc(C(=O)O)ccc2F)CC2CCC1S2.